The van der Waals surface area contributed by atoms with Crippen LogP contribution in [0, 0.1) is 0 Å². The lowest BCUT2D eigenvalue weighted by Crippen LogP contribution is -2.53. The van der Waals surface area contributed by atoms with Gasteiger partial charge in [-0.2, -0.15) is 12.6 Å². The number of hydrogen-bond donors (Lipinski definition) is 4. The van der Waals surface area contributed by atoms with Gasteiger partial charge >= 0.3 is 12.1 Å². The average molecular weight is 470 g/mol. The number of fused-ring (bicyclic) bond motifs is 1. The molecule has 174 valence electrons. The summed E-state index contributed by atoms with van der Waals surface area (Å²) in [5, 5.41) is 6.18. The second-order valence-electron chi connectivity index (χ2n) is 7.32. The van der Waals surface area contributed by atoms with Crippen molar-refractivity contribution in [2.45, 2.75) is 32.0 Å². The van der Waals surface area contributed by atoms with Crippen molar-refractivity contribution >= 4 is 41.5 Å². The number of ether oxygens (including phenoxy) is 2. The van der Waals surface area contributed by atoms with E-state index in [-0.39, 0.29) is 25.4 Å². The maximum absolute atomic E-state index is 13.1. The summed E-state index contributed by atoms with van der Waals surface area (Å²) in [6, 6.07) is 15.0. The number of amides is 2. The number of carbonyl (C=O) groups excluding carboxylic acids is 3. The third-order valence-electron chi connectivity index (χ3n) is 4.99. The minimum Gasteiger partial charge on any atom is -0.464 e. The number of aromatic nitrogens is 1. The highest BCUT2D eigenvalue weighted by molar-refractivity contribution is 7.80. The van der Waals surface area contributed by atoms with Crippen LogP contribution in [0.15, 0.2) is 60.8 Å². The number of carbonyl (C=O) groups is 3. The summed E-state index contributed by atoms with van der Waals surface area (Å²) in [6.45, 7) is 1.93. The smallest absolute Gasteiger partial charge is 0.408 e. The molecule has 3 aromatic rings. The predicted octanol–water partition coefficient (Wildman–Crippen LogP) is 2.98. The number of aromatic amines is 1. The maximum atomic E-state index is 13.1. The van der Waals surface area contributed by atoms with Gasteiger partial charge in [0.2, 0.25) is 5.91 Å². The summed E-state index contributed by atoms with van der Waals surface area (Å²) >= 11 is 4.14. The molecule has 0 aliphatic carbocycles. The van der Waals surface area contributed by atoms with Crippen molar-refractivity contribution in [3.8, 4) is 0 Å². The summed E-state index contributed by atoms with van der Waals surface area (Å²) in [7, 11) is 0. The van der Waals surface area contributed by atoms with Gasteiger partial charge in [0.05, 0.1) is 6.61 Å². The molecular weight excluding hydrogens is 442 g/mol. The van der Waals surface area contributed by atoms with E-state index in [0.29, 0.717) is 0 Å². The first-order valence-corrected chi connectivity index (χ1v) is 11.2. The highest BCUT2D eigenvalue weighted by atomic mass is 32.1. The zero-order chi connectivity index (χ0) is 23.6. The minimum absolute atomic E-state index is 0.0584. The number of nitrogens with one attached hydrogen (secondary N) is 3. The van der Waals surface area contributed by atoms with Crippen molar-refractivity contribution in [1.29, 1.82) is 0 Å². The van der Waals surface area contributed by atoms with E-state index in [1.165, 1.54) is 0 Å². The number of hydrogen-bond acceptors (Lipinski definition) is 6. The molecule has 0 radical (unpaired) electrons. The number of rotatable bonds is 10. The van der Waals surface area contributed by atoms with Gasteiger partial charge in [-0.25, -0.2) is 9.59 Å². The van der Waals surface area contributed by atoms with Gasteiger partial charge in [-0.05, 0) is 24.1 Å². The maximum Gasteiger partial charge on any atom is 0.408 e. The lowest BCUT2D eigenvalue weighted by molar-refractivity contribution is -0.146. The van der Waals surface area contributed by atoms with Gasteiger partial charge in [0.25, 0.3) is 0 Å². The zero-order valence-corrected chi connectivity index (χ0v) is 19.1. The Bertz CT molecular complexity index is 1090. The van der Waals surface area contributed by atoms with Gasteiger partial charge < -0.3 is 25.1 Å². The Morgan fingerprint density at radius 1 is 0.970 bits per heavy atom. The number of benzene rings is 2. The summed E-state index contributed by atoms with van der Waals surface area (Å²) in [6.07, 6.45) is 1.25. The molecule has 1 heterocycles. The summed E-state index contributed by atoms with van der Waals surface area (Å²) in [4.78, 5) is 40.8. The first-order chi connectivity index (χ1) is 16.0. The molecule has 0 aliphatic heterocycles. The van der Waals surface area contributed by atoms with Gasteiger partial charge in [0, 0.05) is 29.3 Å². The van der Waals surface area contributed by atoms with E-state index in [0.717, 1.165) is 22.0 Å². The number of H-pyrrole nitrogens is 1. The highest BCUT2D eigenvalue weighted by Gasteiger charge is 2.28. The quantitative estimate of drug-likeness (QED) is 0.270. The molecular formula is C24H27N3O5S. The number of para-hydroxylation sites is 1. The SMILES string of the molecule is CCOC(=O)C(CS)NC(=O)[C@@H](Cc1c[nH]c2ccccc12)NC(=O)OCc1ccccc1. The number of alkyl carbamates (subject to hydrolysis) is 1. The van der Waals surface area contributed by atoms with Crippen LogP contribution in [0.1, 0.15) is 18.1 Å². The molecule has 1 unspecified atom stereocenters. The van der Waals surface area contributed by atoms with Crippen LogP contribution in [0.3, 0.4) is 0 Å². The molecule has 0 spiro atoms. The minimum atomic E-state index is -0.982. The monoisotopic (exact) mass is 469 g/mol. The fourth-order valence-electron chi connectivity index (χ4n) is 3.33. The van der Waals surface area contributed by atoms with Crippen molar-refractivity contribution in [3.05, 3.63) is 71.9 Å². The van der Waals surface area contributed by atoms with E-state index in [1.807, 2.05) is 54.6 Å². The largest absolute Gasteiger partial charge is 0.464 e. The van der Waals surface area contributed by atoms with Crippen LogP contribution in [-0.4, -0.2) is 47.4 Å². The number of esters is 1. The van der Waals surface area contributed by atoms with Crippen molar-refractivity contribution in [2.75, 3.05) is 12.4 Å². The van der Waals surface area contributed by atoms with Crippen LogP contribution in [0.2, 0.25) is 0 Å². The molecule has 3 N–H and O–H groups in total. The van der Waals surface area contributed by atoms with E-state index in [2.05, 4.69) is 28.2 Å². The Morgan fingerprint density at radius 2 is 1.70 bits per heavy atom. The van der Waals surface area contributed by atoms with E-state index in [9.17, 15) is 14.4 Å². The van der Waals surface area contributed by atoms with E-state index >= 15 is 0 Å². The van der Waals surface area contributed by atoms with Gasteiger partial charge in [-0.1, -0.05) is 48.5 Å². The Balaban J connectivity index is 1.73. The van der Waals surface area contributed by atoms with Gasteiger partial charge in [-0.3, -0.25) is 4.79 Å². The molecule has 2 atom stereocenters. The molecule has 3 rings (SSSR count). The Morgan fingerprint density at radius 3 is 2.42 bits per heavy atom. The molecule has 9 heteroatoms. The molecule has 2 aromatic carbocycles. The van der Waals surface area contributed by atoms with Gasteiger partial charge in [0.1, 0.15) is 18.7 Å². The second-order valence-corrected chi connectivity index (χ2v) is 7.68. The second kappa shape index (κ2) is 12.0. The fourth-order valence-corrected chi connectivity index (χ4v) is 3.57. The molecule has 0 bridgehead atoms. The van der Waals surface area contributed by atoms with Gasteiger partial charge in [0.15, 0.2) is 0 Å². The predicted molar refractivity (Wildman–Crippen MR) is 128 cm³/mol. The number of thiol groups is 1. The standard InChI is InChI=1S/C24H27N3O5S/c1-2-31-23(29)21(15-33)26-22(28)20(12-17-13-25-19-11-7-6-10-18(17)19)27-24(30)32-14-16-8-4-3-5-9-16/h3-11,13,20-21,25,33H,2,12,14-15H2,1H3,(H,26,28)(H,27,30)/t20-,21?/m1/s1. The Labute approximate surface area is 197 Å². The van der Waals surface area contributed by atoms with Crippen LogP contribution in [0.25, 0.3) is 10.9 Å². The molecule has 2 amide bonds. The van der Waals surface area contributed by atoms with E-state index in [1.54, 1.807) is 13.1 Å². The summed E-state index contributed by atoms with van der Waals surface area (Å²) < 4.78 is 10.3. The third-order valence-corrected chi connectivity index (χ3v) is 5.36. The first-order valence-electron chi connectivity index (χ1n) is 10.6. The molecule has 0 fully saturated rings. The van der Waals surface area contributed by atoms with Crippen molar-refractivity contribution in [2.24, 2.45) is 0 Å². The van der Waals surface area contributed by atoms with Crippen LogP contribution < -0.4 is 10.6 Å². The Hall–Kier alpha value is -3.46. The topological polar surface area (TPSA) is 110 Å². The molecule has 8 nitrogen and oxygen atoms in total. The van der Waals surface area contributed by atoms with Crippen LogP contribution in [0.4, 0.5) is 4.79 Å². The molecule has 1 aromatic heterocycles. The van der Waals surface area contributed by atoms with E-state index < -0.39 is 30.1 Å². The molecule has 33 heavy (non-hydrogen) atoms. The molecule has 0 aliphatic rings. The first kappa shape index (κ1) is 24.2. The summed E-state index contributed by atoms with van der Waals surface area (Å²) in [5.41, 5.74) is 2.58. The van der Waals surface area contributed by atoms with Gasteiger partial charge in [-0.15, -0.1) is 0 Å². The summed E-state index contributed by atoms with van der Waals surface area (Å²) in [5.74, 6) is -1.06. The van der Waals surface area contributed by atoms with Crippen molar-refractivity contribution < 1.29 is 23.9 Å². The molecule has 0 saturated heterocycles. The lowest BCUT2D eigenvalue weighted by atomic mass is 10.0. The third kappa shape index (κ3) is 6.76. The molecule has 0 saturated carbocycles. The normalized spacial score (nSPS) is 12.5. The van der Waals surface area contributed by atoms with Crippen molar-refractivity contribution in [3.63, 3.8) is 0 Å². The highest BCUT2D eigenvalue weighted by Crippen LogP contribution is 2.19. The van der Waals surface area contributed by atoms with Crippen LogP contribution >= 0.6 is 12.6 Å². The van der Waals surface area contributed by atoms with E-state index in [4.69, 9.17) is 9.47 Å². The zero-order valence-electron chi connectivity index (χ0n) is 18.2. The lowest BCUT2D eigenvalue weighted by Gasteiger charge is -2.21. The Kier molecular flexibility index (Phi) is 8.77. The van der Waals surface area contributed by atoms with Crippen LogP contribution in [0.5, 0.6) is 0 Å². The average Bonchev–Trinajstić information content (AvgIpc) is 3.24. The fraction of sp³-hybridized carbons (Fsp3) is 0.292. The van der Waals surface area contributed by atoms with Crippen molar-refractivity contribution in [1.82, 2.24) is 15.6 Å². The van der Waals surface area contributed by atoms with Crippen LogP contribution in [-0.2, 0) is 32.1 Å².